The van der Waals surface area contributed by atoms with E-state index in [1.165, 1.54) is 44.3 Å². The van der Waals surface area contributed by atoms with E-state index in [2.05, 4.69) is 0 Å². The zero-order valence-electron chi connectivity index (χ0n) is 24.8. The molecule has 13 heteroatoms. The van der Waals surface area contributed by atoms with E-state index in [9.17, 15) is 19.2 Å². The van der Waals surface area contributed by atoms with Gasteiger partial charge in [-0.3, -0.25) is 19.2 Å². The highest BCUT2D eigenvalue weighted by molar-refractivity contribution is 7.20. The molecule has 0 bridgehead atoms. The van der Waals surface area contributed by atoms with Gasteiger partial charge in [0.15, 0.2) is 34.6 Å². The van der Waals surface area contributed by atoms with Gasteiger partial charge < -0.3 is 34.1 Å². The first-order chi connectivity index (χ1) is 20.9. The largest absolute Gasteiger partial charge is 0.493 e. The second kappa shape index (κ2) is 13.9. The Morgan fingerprint density at radius 2 is 1.55 bits per heavy atom. The molecule has 0 spiro atoms. The number of methoxy groups -OCH3 is 2. The zero-order valence-corrected chi connectivity index (χ0v) is 25.6. The Morgan fingerprint density at radius 1 is 0.886 bits per heavy atom. The first kappa shape index (κ1) is 32.5. The molecule has 1 aromatic heterocycles. The second-order valence-corrected chi connectivity index (χ2v) is 11.7. The lowest BCUT2D eigenvalue weighted by Gasteiger charge is -2.16. The fourth-order valence-electron chi connectivity index (χ4n) is 4.74. The fraction of sp³-hybridized carbons (Fsp3) is 0.419. The zero-order chi connectivity index (χ0) is 32.1. The van der Waals surface area contributed by atoms with Crippen LogP contribution in [0.25, 0.3) is 10.1 Å². The fourth-order valence-corrected chi connectivity index (χ4v) is 5.76. The van der Waals surface area contributed by atoms with E-state index in [4.69, 9.17) is 29.2 Å². The number of rotatable bonds is 15. The monoisotopic (exact) mass is 631 g/mol. The van der Waals surface area contributed by atoms with Gasteiger partial charge in [-0.25, -0.2) is 4.39 Å². The first-order valence-electron chi connectivity index (χ1n) is 13.9. The molecule has 0 saturated heterocycles. The van der Waals surface area contributed by atoms with Crippen molar-refractivity contribution >= 4 is 45.1 Å². The lowest BCUT2D eigenvalue weighted by atomic mass is 10.0. The van der Waals surface area contributed by atoms with Crippen molar-refractivity contribution in [2.24, 2.45) is 11.8 Å². The molecular weight excluding hydrogens is 597 g/mol. The number of hydrogen-bond donors (Lipinski definition) is 2. The van der Waals surface area contributed by atoms with Gasteiger partial charge in [-0.1, -0.05) is 13.8 Å². The highest BCUT2D eigenvalue weighted by Crippen LogP contribution is 2.40. The summed E-state index contributed by atoms with van der Waals surface area (Å²) < 4.78 is 38.8. The molecule has 0 radical (unpaired) electrons. The van der Waals surface area contributed by atoms with Crippen molar-refractivity contribution in [1.82, 2.24) is 4.90 Å². The SMILES string of the molecule is COc1cc2sc(C(=O)C[C@H](C)C(=O)O)cc2cc1OCCCOc1c(OC)cc2c(c1F)CN(C(=O)C[C@H](C)C(=O)O)C2. The summed E-state index contributed by atoms with van der Waals surface area (Å²) >= 11 is 1.25. The first-order valence-corrected chi connectivity index (χ1v) is 14.8. The second-order valence-electron chi connectivity index (χ2n) is 10.6. The van der Waals surface area contributed by atoms with Gasteiger partial charge in [0, 0.05) is 48.7 Å². The summed E-state index contributed by atoms with van der Waals surface area (Å²) in [4.78, 5) is 49.3. The molecule has 2 N–H and O–H groups in total. The molecule has 2 heterocycles. The van der Waals surface area contributed by atoms with Crippen molar-refractivity contribution in [3.8, 4) is 23.0 Å². The van der Waals surface area contributed by atoms with Crippen LogP contribution in [-0.2, 0) is 27.5 Å². The average molecular weight is 632 g/mol. The number of hydrogen-bond acceptors (Lipinski definition) is 9. The number of thiophene rings is 1. The molecule has 1 aliphatic rings. The number of amides is 1. The Bertz CT molecular complexity index is 1590. The molecule has 0 aliphatic carbocycles. The van der Waals surface area contributed by atoms with Crippen LogP contribution >= 0.6 is 11.3 Å². The topological polar surface area (TPSA) is 149 Å². The van der Waals surface area contributed by atoms with E-state index in [1.54, 1.807) is 24.3 Å². The Labute approximate surface area is 257 Å². The minimum atomic E-state index is -1.07. The lowest BCUT2D eigenvalue weighted by molar-refractivity contribution is -0.145. The van der Waals surface area contributed by atoms with Crippen molar-refractivity contribution in [2.45, 2.75) is 46.2 Å². The van der Waals surface area contributed by atoms with Gasteiger partial charge in [0.05, 0.1) is 44.1 Å². The van der Waals surface area contributed by atoms with Gasteiger partial charge in [0.2, 0.25) is 5.91 Å². The third-order valence-electron chi connectivity index (χ3n) is 7.35. The molecule has 236 valence electrons. The molecule has 0 unspecified atom stereocenters. The van der Waals surface area contributed by atoms with E-state index in [1.807, 2.05) is 0 Å². The summed E-state index contributed by atoms with van der Waals surface area (Å²) in [6.45, 7) is 3.39. The van der Waals surface area contributed by atoms with Crippen LogP contribution in [0.2, 0.25) is 0 Å². The van der Waals surface area contributed by atoms with Gasteiger partial charge in [-0.2, -0.15) is 0 Å². The maximum atomic E-state index is 15.5. The van der Waals surface area contributed by atoms with Crippen LogP contribution in [0.4, 0.5) is 4.39 Å². The quantitative estimate of drug-likeness (QED) is 0.170. The van der Waals surface area contributed by atoms with E-state index in [-0.39, 0.29) is 62.3 Å². The highest BCUT2D eigenvalue weighted by atomic mass is 32.1. The van der Waals surface area contributed by atoms with Crippen molar-refractivity contribution in [3.63, 3.8) is 0 Å². The molecule has 11 nitrogen and oxygen atoms in total. The Morgan fingerprint density at radius 3 is 2.20 bits per heavy atom. The minimum Gasteiger partial charge on any atom is -0.493 e. The van der Waals surface area contributed by atoms with Crippen LogP contribution < -0.4 is 18.9 Å². The van der Waals surface area contributed by atoms with Gasteiger partial charge in [0.1, 0.15) is 0 Å². The minimum absolute atomic E-state index is 0.00650. The van der Waals surface area contributed by atoms with E-state index < -0.39 is 29.6 Å². The predicted molar refractivity (Wildman–Crippen MR) is 158 cm³/mol. The number of ketones is 1. The number of halogens is 1. The number of carbonyl (C=O) groups is 4. The standard InChI is InChI=1S/C31H34FNO10S/c1-16(30(36)37)8-21(34)26-12-18-10-23(22(40-3)13-25(18)44-26)42-6-5-7-43-29-24(41-4)11-19-14-33(15-20(19)28(29)32)27(35)9-17(2)31(38)39/h10-13,16-17H,5-9,14-15H2,1-4H3,(H,36,37)(H,38,39)/t16-,17-/m0/s1. The third kappa shape index (κ3) is 7.21. The molecule has 4 rings (SSSR count). The van der Waals surface area contributed by atoms with Crippen LogP contribution in [-0.4, -0.2) is 66.2 Å². The van der Waals surface area contributed by atoms with Crippen molar-refractivity contribution in [2.75, 3.05) is 27.4 Å². The summed E-state index contributed by atoms with van der Waals surface area (Å²) in [6, 6.07) is 6.83. The maximum Gasteiger partial charge on any atom is 0.306 e. The van der Waals surface area contributed by atoms with Crippen molar-refractivity contribution in [3.05, 3.63) is 46.1 Å². The average Bonchev–Trinajstić information content (AvgIpc) is 3.61. The van der Waals surface area contributed by atoms with Crippen molar-refractivity contribution in [1.29, 1.82) is 0 Å². The molecule has 3 aromatic rings. The normalized spacial score (nSPS) is 13.7. The summed E-state index contributed by atoms with van der Waals surface area (Å²) in [7, 11) is 2.89. The number of carboxylic acid groups (broad SMARTS) is 2. The van der Waals surface area contributed by atoms with Gasteiger partial charge in [-0.15, -0.1) is 11.3 Å². The maximum absolute atomic E-state index is 15.5. The molecule has 2 aromatic carbocycles. The van der Waals surface area contributed by atoms with E-state index in [0.717, 1.165) is 10.1 Å². The van der Waals surface area contributed by atoms with Gasteiger partial charge in [0.25, 0.3) is 0 Å². The van der Waals surface area contributed by atoms with Crippen molar-refractivity contribution < 1.29 is 52.7 Å². The number of benzene rings is 2. The Balaban J connectivity index is 1.37. The molecule has 0 saturated carbocycles. The molecule has 0 fully saturated rings. The third-order valence-corrected chi connectivity index (χ3v) is 8.49. The van der Waals surface area contributed by atoms with Crippen LogP contribution in [0.3, 0.4) is 0 Å². The number of fused-ring (bicyclic) bond motifs is 2. The van der Waals surface area contributed by atoms with Crippen LogP contribution in [0, 0.1) is 17.7 Å². The summed E-state index contributed by atoms with van der Waals surface area (Å²) in [5.74, 6) is -3.98. The molecule has 44 heavy (non-hydrogen) atoms. The van der Waals surface area contributed by atoms with Crippen LogP contribution in [0.5, 0.6) is 23.0 Å². The number of carbonyl (C=O) groups excluding carboxylic acids is 2. The summed E-state index contributed by atoms with van der Waals surface area (Å²) in [6.07, 6.45) is 0.0978. The Kier molecular flexibility index (Phi) is 10.3. The summed E-state index contributed by atoms with van der Waals surface area (Å²) in [5, 5.41) is 19.0. The Hall–Kier alpha value is -4.39. The molecule has 1 amide bonds. The number of Topliss-reactive ketones (excluding diaryl/α,β-unsaturated/α-hetero) is 1. The summed E-state index contributed by atoms with van der Waals surface area (Å²) in [5.41, 5.74) is 0.876. The number of ether oxygens (including phenoxy) is 4. The molecule has 1 aliphatic heterocycles. The highest BCUT2D eigenvalue weighted by Gasteiger charge is 2.31. The van der Waals surface area contributed by atoms with E-state index in [0.29, 0.717) is 33.9 Å². The number of aliphatic carboxylic acids is 2. The van der Waals surface area contributed by atoms with Gasteiger partial charge in [-0.05, 0) is 29.1 Å². The number of nitrogens with zero attached hydrogens (tertiary/aromatic N) is 1. The number of carboxylic acids is 2. The molecular formula is C31H34FNO10S. The van der Waals surface area contributed by atoms with Crippen LogP contribution in [0.1, 0.15) is 53.9 Å². The molecule has 2 atom stereocenters. The van der Waals surface area contributed by atoms with Crippen LogP contribution in [0.15, 0.2) is 24.3 Å². The lowest BCUT2D eigenvalue weighted by Crippen LogP contribution is -2.28. The van der Waals surface area contributed by atoms with E-state index >= 15 is 4.39 Å². The van der Waals surface area contributed by atoms with Gasteiger partial charge >= 0.3 is 11.9 Å². The smallest absolute Gasteiger partial charge is 0.306 e. The predicted octanol–water partition coefficient (Wildman–Crippen LogP) is 5.15.